The second kappa shape index (κ2) is 9.67. The van der Waals surface area contributed by atoms with Gasteiger partial charge >= 0.3 is 0 Å². The molecule has 1 unspecified atom stereocenters. The zero-order valence-corrected chi connectivity index (χ0v) is 16.1. The van der Waals surface area contributed by atoms with Crippen LogP contribution in [0.25, 0.3) is 0 Å². The van der Waals surface area contributed by atoms with Crippen molar-refractivity contribution in [3.8, 4) is 0 Å². The number of benzene rings is 2. The van der Waals surface area contributed by atoms with Gasteiger partial charge in [0.1, 0.15) is 0 Å². The van der Waals surface area contributed by atoms with Crippen molar-refractivity contribution >= 4 is 11.6 Å². The molecule has 27 heavy (non-hydrogen) atoms. The van der Waals surface area contributed by atoms with Crippen LogP contribution >= 0.6 is 0 Å². The molecule has 3 rings (SSSR count). The number of aliphatic hydroxyl groups is 1. The number of nitrogens with zero attached hydrogens (tertiary/aromatic N) is 2. The summed E-state index contributed by atoms with van der Waals surface area (Å²) in [5.74, 6) is 0.0134. The summed E-state index contributed by atoms with van der Waals surface area (Å²) in [5, 5.41) is 9.23. The van der Waals surface area contributed by atoms with Crippen LogP contribution in [0.2, 0.25) is 0 Å². The average Bonchev–Trinajstić information content (AvgIpc) is 2.70. The van der Waals surface area contributed by atoms with Crippen molar-refractivity contribution in [2.75, 3.05) is 24.6 Å². The molecule has 2 aromatic carbocycles. The van der Waals surface area contributed by atoms with Gasteiger partial charge in [0.15, 0.2) is 0 Å². The van der Waals surface area contributed by atoms with E-state index in [-0.39, 0.29) is 25.0 Å². The van der Waals surface area contributed by atoms with Gasteiger partial charge < -0.3 is 14.9 Å². The van der Waals surface area contributed by atoms with Gasteiger partial charge in [-0.3, -0.25) is 4.79 Å². The zero-order valence-electron chi connectivity index (χ0n) is 16.1. The predicted molar refractivity (Wildman–Crippen MR) is 110 cm³/mol. The topological polar surface area (TPSA) is 43.8 Å². The number of hydrogen-bond acceptors (Lipinski definition) is 3. The maximum Gasteiger partial charge on any atom is 0.229 e. The molecule has 1 N–H and O–H groups in total. The summed E-state index contributed by atoms with van der Waals surface area (Å²) in [6.07, 6.45) is 3.16. The van der Waals surface area contributed by atoms with E-state index in [1.165, 1.54) is 5.56 Å². The summed E-state index contributed by atoms with van der Waals surface area (Å²) in [5.41, 5.74) is 2.31. The molecule has 1 aliphatic heterocycles. The minimum Gasteiger partial charge on any atom is -0.396 e. The molecule has 1 heterocycles. The monoisotopic (exact) mass is 366 g/mol. The number of likely N-dealkylation sites (tertiary alicyclic amines) is 1. The average molecular weight is 367 g/mol. The van der Waals surface area contributed by atoms with E-state index in [2.05, 4.69) is 42.2 Å². The van der Waals surface area contributed by atoms with Gasteiger partial charge in [0.05, 0.1) is 13.0 Å². The van der Waals surface area contributed by atoms with Gasteiger partial charge in [-0.15, -0.1) is 0 Å². The molecule has 0 saturated carbocycles. The Morgan fingerprint density at radius 3 is 2.26 bits per heavy atom. The van der Waals surface area contributed by atoms with Gasteiger partial charge in [0, 0.05) is 30.9 Å². The summed E-state index contributed by atoms with van der Waals surface area (Å²) in [6.45, 7) is 4.18. The van der Waals surface area contributed by atoms with Gasteiger partial charge in [0.2, 0.25) is 5.91 Å². The lowest BCUT2D eigenvalue weighted by molar-refractivity contribution is -0.119. The maximum atomic E-state index is 12.7. The van der Waals surface area contributed by atoms with Crippen molar-refractivity contribution < 1.29 is 9.90 Å². The van der Waals surface area contributed by atoms with Gasteiger partial charge in [-0.2, -0.15) is 0 Å². The highest BCUT2D eigenvalue weighted by Gasteiger charge is 2.30. The molecule has 1 amide bonds. The van der Waals surface area contributed by atoms with Crippen LogP contribution < -0.4 is 4.90 Å². The van der Waals surface area contributed by atoms with Crippen molar-refractivity contribution in [1.29, 1.82) is 0 Å². The lowest BCUT2D eigenvalue weighted by atomic mass is 9.98. The fourth-order valence-electron chi connectivity index (χ4n) is 4.03. The Balaban J connectivity index is 1.62. The molecular weight excluding hydrogens is 336 g/mol. The van der Waals surface area contributed by atoms with E-state index in [0.717, 1.165) is 38.0 Å². The summed E-state index contributed by atoms with van der Waals surface area (Å²) < 4.78 is 0. The van der Waals surface area contributed by atoms with Crippen molar-refractivity contribution in [2.45, 2.75) is 44.7 Å². The highest BCUT2D eigenvalue weighted by molar-refractivity contribution is 5.94. The van der Waals surface area contributed by atoms with E-state index in [0.29, 0.717) is 6.04 Å². The van der Waals surface area contributed by atoms with Crippen LogP contribution in [0.1, 0.15) is 31.7 Å². The summed E-state index contributed by atoms with van der Waals surface area (Å²) >= 11 is 0. The van der Waals surface area contributed by atoms with Gasteiger partial charge in [0.25, 0.3) is 0 Å². The van der Waals surface area contributed by atoms with Crippen LogP contribution in [-0.4, -0.2) is 47.7 Å². The molecule has 0 aliphatic carbocycles. The third-order valence-electron chi connectivity index (χ3n) is 5.49. The summed E-state index contributed by atoms with van der Waals surface area (Å²) in [4.78, 5) is 17.1. The fourth-order valence-corrected chi connectivity index (χ4v) is 4.03. The molecule has 0 bridgehead atoms. The molecule has 0 spiro atoms. The smallest absolute Gasteiger partial charge is 0.229 e. The van der Waals surface area contributed by atoms with E-state index in [4.69, 9.17) is 0 Å². The SMILES string of the molecule is CC(Cc1ccccc1)N1CCC(N(C(=O)CCO)c2ccccc2)CC1. The molecule has 1 aliphatic rings. The first kappa shape index (κ1) is 19.6. The van der Waals surface area contributed by atoms with Gasteiger partial charge in [-0.05, 0) is 43.9 Å². The van der Waals surface area contributed by atoms with Gasteiger partial charge in [-0.25, -0.2) is 0 Å². The molecule has 1 saturated heterocycles. The normalized spacial score (nSPS) is 16.8. The van der Waals surface area contributed by atoms with E-state index < -0.39 is 0 Å². The molecule has 0 aromatic heterocycles. The van der Waals surface area contributed by atoms with Gasteiger partial charge in [-0.1, -0.05) is 48.5 Å². The van der Waals surface area contributed by atoms with Crippen LogP contribution in [0.15, 0.2) is 60.7 Å². The Bertz CT molecular complexity index is 697. The van der Waals surface area contributed by atoms with Crippen LogP contribution in [0.4, 0.5) is 5.69 Å². The number of aliphatic hydroxyl groups excluding tert-OH is 1. The van der Waals surface area contributed by atoms with Crippen LogP contribution in [0.5, 0.6) is 0 Å². The Morgan fingerprint density at radius 2 is 1.67 bits per heavy atom. The Kier molecular flexibility index (Phi) is 7.02. The number of anilines is 1. The first-order valence-electron chi connectivity index (χ1n) is 9.95. The quantitative estimate of drug-likeness (QED) is 0.816. The predicted octanol–water partition coefficient (Wildman–Crippen LogP) is 3.50. The highest BCUT2D eigenvalue weighted by Crippen LogP contribution is 2.26. The van der Waals surface area contributed by atoms with Crippen molar-refractivity contribution in [2.24, 2.45) is 0 Å². The third-order valence-corrected chi connectivity index (χ3v) is 5.49. The molecule has 0 radical (unpaired) electrons. The third kappa shape index (κ3) is 5.18. The lowest BCUT2D eigenvalue weighted by Crippen LogP contribution is -2.50. The van der Waals surface area contributed by atoms with Crippen LogP contribution in [-0.2, 0) is 11.2 Å². The molecule has 4 nitrogen and oxygen atoms in total. The summed E-state index contributed by atoms with van der Waals surface area (Å²) in [7, 11) is 0. The number of carbonyl (C=O) groups is 1. The maximum absolute atomic E-state index is 12.7. The highest BCUT2D eigenvalue weighted by atomic mass is 16.3. The van der Waals surface area contributed by atoms with E-state index >= 15 is 0 Å². The number of amides is 1. The lowest BCUT2D eigenvalue weighted by Gasteiger charge is -2.41. The van der Waals surface area contributed by atoms with Crippen LogP contribution in [0.3, 0.4) is 0 Å². The van der Waals surface area contributed by atoms with Crippen LogP contribution in [0, 0.1) is 0 Å². The Hall–Kier alpha value is -2.17. The first-order chi connectivity index (χ1) is 13.2. The number of carbonyl (C=O) groups excluding carboxylic acids is 1. The van der Waals surface area contributed by atoms with Crippen molar-refractivity contribution in [1.82, 2.24) is 4.90 Å². The molecule has 2 aromatic rings. The van der Waals surface area contributed by atoms with E-state index in [9.17, 15) is 9.90 Å². The molecule has 4 heteroatoms. The number of piperidine rings is 1. The summed E-state index contributed by atoms with van der Waals surface area (Å²) in [6, 6.07) is 21.2. The standard InChI is InChI=1S/C23H30N2O2/c1-19(18-20-8-4-2-5-9-20)24-15-12-22(13-16-24)25(23(27)14-17-26)21-10-6-3-7-11-21/h2-11,19,22,26H,12-18H2,1H3. The van der Waals surface area contributed by atoms with E-state index in [1.807, 2.05) is 35.2 Å². The number of hydrogen-bond donors (Lipinski definition) is 1. The van der Waals surface area contributed by atoms with E-state index in [1.54, 1.807) is 0 Å². The zero-order chi connectivity index (χ0) is 19.1. The minimum absolute atomic E-state index is 0.0134. The molecule has 1 atom stereocenters. The molecule has 1 fully saturated rings. The minimum atomic E-state index is -0.102. The van der Waals surface area contributed by atoms with Crippen molar-refractivity contribution in [3.05, 3.63) is 66.2 Å². The number of rotatable bonds is 7. The number of para-hydroxylation sites is 1. The molecular formula is C23H30N2O2. The second-order valence-corrected chi connectivity index (χ2v) is 7.38. The fraction of sp³-hybridized carbons (Fsp3) is 0.435. The molecule has 144 valence electrons. The first-order valence-corrected chi connectivity index (χ1v) is 9.95. The Labute approximate surface area is 162 Å². The van der Waals surface area contributed by atoms with Crippen molar-refractivity contribution in [3.63, 3.8) is 0 Å². The second-order valence-electron chi connectivity index (χ2n) is 7.38. The Morgan fingerprint density at radius 1 is 1.07 bits per heavy atom. The largest absolute Gasteiger partial charge is 0.396 e.